The Kier molecular flexibility index (Phi) is 47.5. The maximum atomic E-state index is 13.4. The molecule has 6 N–H and O–H groups in total. The van der Waals surface area contributed by atoms with Crippen LogP contribution in [0.25, 0.3) is 0 Å². The first-order chi connectivity index (χ1) is 37.7. The molecule has 77 heavy (non-hydrogen) atoms. The lowest BCUT2D eigenvalue weighted by Crippen LogP contribution is -2.61. The van der Waals surface area contributed by atoms with Gasteiger partial charge in [-0.15, -0.1) is 0 Å². The van der Waals surface area contributed by atoms with Gasteiger partial charge in [0, 0.05) is 12.8 Å². The topological polar surface area (TPSA) is 175 Å². The lowest BCUT2D eigenvalue weighted by atomic mass is 9.99. The Morgan fingerprint density at radius 3 is 1.38 bits per heavy atom. The molecule has 0 aromatic carbocycles. The van der Waals surface area contributed by atoms with Crippen LogP contribution in [0.15, 0.2) is 158 Å². The monoisotopic (exact) mass is 1070 g/mol. The number of unbranched alkanes of at least 4 members (excludes halogenated alkanes) is 9. The number of aliphatic hydroxyl groups excluding tert-OH is 5. The average molecular weight is 1070 g/mol. The summed E-state index contributed by atoms with van der Waals surface area (Å²) in [5, 5.41) is 56.7. The van der Waals surface area contributed by atoms with Gasteiger partial charge in [-0.1, -0.05) is 230 Å². The third kappa shape index (κ3) is 40.2. The van der Waals surface area contributed by atoms with E-state index in [9.17, 15) is 35.1 Å². The van der Waals surface area contributed by atoms with Gasteiger partial charge in [0.1, 0.15) is 24.4 Å². The highest BCUT2D eigenvalue weighted by molar-refractivity contribution is 5.81. The van der Waals surface area contributed by atoms with Gasteiger partial charge in [0.05, 0.1) is 25.4 Å². The number of ether oxygens (including phenoxy) is 3. The summed E-state index contributed by atoms with van der Waals surface area (Å²) in [6.45, 7) is 5.43. The van der Waals surface area contributed by atoms with E-state index in [1.165, 1.54) is 38.5 Å². The van der Waals surface area contributed by atoms with Crippen molar-refractivity contribution in [1.82, 2.24) is 5.32 Å². The van der Waals surface area contributed by atoms with Gasteiger partial charge in [0.15, 0.2) is 12.4 Å². The van der Waals surface area contributed by atoms with E-state index < -0.39 is 67.4 Å². The highest BCUT2D eigenvalue weighted by atomic mass is 16.7. The molecular formula is C66H103NO10. The zero-order chi connectivity index (χ0) is 56.1. The van der Waals surface area contributed by atoms with Crippen LogP contribution >= 0.6 is 0 Å². The molecule has 0 radical (unpaired) electrons. The number of allylic oxidation sites excluding steroid dienone is 24. The second-order valence-corrected chi connectivity index (χ2v) is 19.3. The van der Waals surface area contributed by atoms with Crippen LogP contribution in [0.5, 0.6) is 0 Å². The maximum Gasteiger partial charge on any atom is 0.306 e. The summed E-state index contributed by atoms with van der Waals surface area (Å²) in [6, 6.07) is -1.09. The zero-order valence-corrected chi connectivity index (χ0v) is 47.5. The Labute approximate surface area is 466 Å². The molecule has 8 atom stereocenters. The molecule has 0 bridgehead atoms. The number of carbonyl (C=O) groups is 2. The Hall–Kier alpha value is -4.72. The molecule has 8 unspecified atom stereocenters. The zero-order valence-electron chi connectivity index (χ0n) is 47.5. The van der Waals surface area contributed by atoms with E-state index in [1.807, 2.05) is 30.4 Å². The number of hydrogen-bond donors (Lipinski definition) is 6. The summed E-state index contributed by atoms with van der Waals surface area (Å²) < 4.78 is 17.4. The summed E-state index contributed by atoms with van der Waals surface area (Å²) in [5.74, 6) is -1.39. The minimum atomic E-state index is -1.67. The van der Waals surface area contributed by atoms with E-state index in [1.54, 1.807) is 12.2 Å². The van der Waals surface area contributed by atoms with Crippen LogP contribution in [0, 0.1) is 0 Å². The van der Waals surface area contributed by atoms with Gasteiger partial charge in [-0.2, -0.15) is 0 Å². The highest BCUT2D eigenvalue weighted by Crippen LogP contribution is 2.26. The van der Waals surface area contributed by atoms with Crippen molar-refractivity contribution in [2.75, 3.05) is 13.2 Å². The SMILES string of the molecule is CC/C=C\C/C=C\C/C=C\C/C=C\C/C=C\C/C=C\CCC(=O)OC1C(OCC(NC(=O)C(O)C/C=C\C/C=C\C/C=C\C/C=C\C/C=C\C/C=C\CC)C(O)/C=C/CCCCCCCCCCC)OC(CO)C(O)C1O. The van der Waals surface area contributed by atoms with Crippen LogP contribution in [-0.2, 0) is 23.8 Å². The Bertz CT molecular complexity index is 1850. The normalized spacial score (nSPS) is 20.2. The van der Waals surface area contributed by atoms with Gasteiger partial charge in [-0.3, -0.25) is 9.59 Å². The first-order valence-corrected chi connectivity index (χ1v) is 29.3. The summed E-state index contributed by atoms with van der Waals surface area (Å²) in [6.07, 6.45) is 66.0. The van der Waals surface area contributed by atoms with Crippen molar-refractivity contribution in [2.24, 2.45) is 0 Å². The molecule has 1 aliphatic rings. The van der Waals surface area contributed by atoms with Crippen LogP contribution < -0.4 is 5.32 Å². The molecule has 0 aromatic rings. The molecule has 1 heterocycles. The van der Waals surface area contributed by atoms with Crippen molar-refractivity contribution in [1.29, 1.82) is 0 Å². The molecule has 0 spiro atoms. The number of esters is 1. The summed E-state index contributed by atoms with van der Waals surface area (Å²) >= 11 is 0. The van der Waals surface area contributed by atoms with Gasteiger partial charge in [-0.25, -0.2) is 0 Å². The largest absolute Gasteiger partial charge is 0.454 e. The predicted octanol–water partition coefficient (Wildman–Crippen LogP) is 13.6. The minimum Gasteiger partial charge on any atom is -0.454 e. The molecule has 1 saturated heterocycles. The van der Waals surface area contributed by atoms with E-state index in [4.69, 9.17) is 14.2 Å². The fraction of sp³-hybridized carbons (Fsp3) is 0.576. The highest BCUT2D eigenvalue weighted by Gasteiger charge is 2.47. The molecule has 432 valence electrons. The summed E-state index contributed by atoms with van der Waals surface area (Å²) in [7, 11) is 0. The van der Waals surface area contributed by atoms with Crippen molar-refractivity contribution < 1.29 is 49.3 Å². The van der Waals surface area contributed by atoms with Crippen molar-refractivity contribution in [3.8, 4) is 0 Å². The maximum absolute atomic E-state index is 13.4. The summed E-state index contributed by atoms with van der Waals surface area (Å²) in [5.41, 5.74) is 0. The van der Waals surface area contributed by atoms with Gasteiger partial charge >= 0.3 is 5.97 Å². The van der Waals surface area contributed by atoms with Crippen LogP contribution in [0.1, 0.15) is 181 Å². The molecule has 1 aliphatic heterocycles. The Balaban J connectivity index is 2.81. The van der Waals surface area contributed by atoms with Crippen LogP contribution in [-0.4, -0.2) is 99.6 Å². The average Bonchev–Trinajstić information content (AvgIpc) is 3.43. The quantitative estimate of drug-likeness (QED) is 0.0196. The van der Waals surface area contributed by atoms with Crippen molar-refractivity contribution >= 4 is 11.9 Å². The van der Waals surface area contributed by atoms with E-state index >= 15 is 0 Å². The van der Waals surface area contributed by atoms with E-state index in [-0.39, 0.29) is 19.4 Å². The molecular weight excluding hydrogens is 967 g/mol. The van der Waals surface area contributed by atoms with Crippen LogP contribution in [0.3, 0.4) is 0 Å². The molecule has 0 saturated carbocycles. The second kappa shape index (κ2) is 52.0. The third-order valence-corrected chi connectivity index (χ3v) is 12.4. The lowest BCUT2D eigenvalue weighted by Gasteiger charge is -2.41. The lowest BCUT2D eigenvalue weighted by molar-refractivity contribution is -0.305. The van der Waals surface area contributed by atoms with E-state index in [0.29, 0.717) is 19.3 Å². The Morgan fingerprint density at radius 1 is 0.519 bits per heavy atom. The molecule has 0 aliphatic carbocycles. The number of carbonyl (C=O) groups excluding carboxylic acids is 2. The first kappa shape index (κ1) is 70.3. The number of hydrogen-bond acceptors (Lipinski definition) is 10. The standard InChI is InChI=1S/C66H103NO10/c1-4-7-10-13-16-19-22-24-26-28-30-32-34-36-39-42-45-48-51-54-61(71)77-64-63(73)62(72)60(55-68)76-66(64)75-56-57(58(69)52-49-46-43-40-37-21-18-15-12-9-6-3)67-65(74)59(70)53-50-47-44-41-38-35-33-31-29-27-25-23-20-17-14-11-8-5-2/h7-8,10-11,16-17,19-20,24-27,30-33,36,38-39,41,45,47-50,52,57-60,62-64,66,68-70,72-73H,4-6,9,12-15,18,21-23,28-29,34-35,37,40,42-44,46,51,53-56H2,1-3H3,(H,67,74)/b10-7-,11-8-,19-16-,20-17-,26-24-,27-25-,32-30-,33-31-,39-36-,41-38-,48-45-,50-47-,52-49+. The molecule has 0 aromatic heterocycles. The number of rotatable bonds is 46. The van der Waals surface area contributed by atoms with E-state index in [2.05, 4.69) is 142 Å². The molecule has 1 fully saturated rings. The number of aliphatic hydroxyl groups is 5. The van der Waals surface area contributed by atoms with Gasteiger partial charge in [-0.05, 0) is 96.3 Å². The summed E-state index contributed by atoms with van der Waals surface area (Å²) in [4.78, 5) is 26.4. The van der Waals surface area contributed by atoms with Crippen molar-refractivity contribution in [3.05, 3.63) is 158 Å². The Morgan fingerprint density at radius 2 is 0.935 bits per heavy atom. The fourth-order valence-corrected chi connectivity index (χ4v) is 7.87. The van der Waals surface area contributed by atoms with Crippen LogP contribution in [0.2, 0.25) is 0 Å². The number of nitrogens with one attached hydrogen (secondary N) is 1. The van der Waals surface area contributed by atoms with Crippen LogP contribution in [0.4, 0.5) is 0 Å². The molecule has 11 nitrogen and oxygen atoms in total. The predicted molar refractivity (Wildman–Crippen MR) is 319 cm³/mol. The molecule has 11 heteroatoms. The first-order valence-electron chi connectivity index (χ1n) is 29.3. The molecule has 1 rings (SSSR count). The van der Waals surface area contributed by atoms with Gasteiger partial charge < -0.3 is 45.1 Å². The second-order valence-electron chi connectivity index (χ2n) is 19.3. The smallest absolute Gasteiger partial charge is 0.306 e. The van der Waals surface area contributed by atoms with Crippen molar-refractivity contribution in [2.45, 2.75) is 230 Å². The van der Waals surface area contributed by atoms with E-state index in [0.717, 1.165) is 89.9 Å². The number of amides is 1. The molecule has 1 amide bonds. The van der Waals surface area contributed by atoms with Gasteiger partial charge in [0.25, 0.3) is 0 Å². The van der Waals surface area contributed by atoms with Crippen molar-refractivity contribution in [3.63, 3.8) is 0 Å². The minimum absolute atomic E-state index is 0.0204. The third-order valence-electron chi connectivity index (χ3n) is 12.4. The fourth-order valence-electron chi connectivity index (χ4n) is 7.87. The van der Waals surface area contributed by atoms with Gasteiger partial charge in [0.2, 0.25) is 5.91 Å².